The van der Waals surface area contributed by atoms with Crippen molar-refractivity contribution in [3.8, 4) is 0 Å². The highest BCUT2D eigenvalue weighted by atomic mass is 19.4. The molecule has 0 amide bonds. The second kappa shape index (κ2) is 5.68. The standard InChI is InChI=1S/C14H18F3N3O2/c15-14(16,17)9-3-2-6-19(8-9)13-10-4-1-5-11(10)18-7-12(13)20(21)22/h7,9,20-21H,1-6,8H2/t9-/m1/s1. The van der Waals surface area contributed by atoms with Crippen LogP contribution in [0.1, 0.15) is 30.5 Å². The summed E-state index contributed by atoms with van der Waals surface area (Å²) in [5.41, 5.74) is 2.13. The fourth-order valence-corrected chi connectivity index (χ4v) is 3.46. The summed E-state index contributed by atoms with van der Waals surface area (Å²) >= 11 is 0. The molecular weight excluding hydrogens is 299 g/mol. The molecule has 0 aromatic carbocycles. The first-order chi connectivity index (χ1) is 10.4. The van der Waals surface area contributed by atoms with E-state index in [0.717, 1.165) is 24.1 Å². The van der Waals surface area contributed by atoms with Crippen molar-refractivity contribution in [2.75, 3.05) is 18.0 Å². The molecule has 1 aliphatic carbocycles. The van der Waals surface area contributed by atoms with Gasteiger partial charge in [0.2, 0.25) is 5.69 Å². The van der Waals surface area contributed by atoms with Crippen LogP contribution >= 0.6 is 0 Å². The first kappa shape index (κ1) is 15.5. The Hall–Kier alpha value is -1.38. The topological polar surface area (TPSA) is 63.9 Å². The molecule has 2 atom stereocenters. The number of quaternary nitrogens is 1. The van der Waals surface area contributed by atoms with Crippen molar-refractivity contribution in [3.63, 3.8) is 0 Å². The molecule has 0 radical (unpaired) electrons. The van der Waals surface area contributed by atoms with Crippen LogP contribution in [0.2, 0.25) is 0 Å². The third-order valence-corrected chi connectivity index (χ3v) is 4.51. The minimum absolute atomic E-state index is 0.0171. The predicted octanol–water partition coefficient (Wildman–Crippen LogP) is 1.75. The van der Waals surface area contributed by atoms with Crippen molar-refractivity contribution in [1.82, 2.24) is 4.98 Å². The molecular formula is C14H18F3N3O2. The lowest BCUT2D eigenvalue weighted by Crippen LogP contribution is -2.99. The summed E-state index contributed by atoms with van der Waals surface area (Å²) in [6, 6.07) is 0. The highest BCUT2D eigenvalue weighted by molar-refractivity contribution is 5.69. The smallest absolute Gasteiger partial charge is 0.393 e. The van der Waals surface area contributed by atoms with Crippen LogP contribution in [0.25, 0.3) is 0 Å². The monoisotopic (exact) mass is 317 g/mol. The molecule has 2 heterocycles. The summed E-state index contributed by atoms with van der Waals surface area (Å²) < 4.78 is 39.0. The van der Waals surface area contributed by atoms with Crippen molar-refractivity contribution in [3.05, 3.63) is 22.7 Å². The van der Waals surface area contributed by atoms with E-state index in [2.05, 4.69) is 4.98 Å². The molecule has 0 bridgehead atoms. The molecule has 8 heteroatoms. The first-order valence-electron chi connectivity index (χ1n) is 7.43. The van der Waals surface area contributed by atoms with Crippen molar-refractivity contribution >= 4 is 11.4 Å². The van der Waals surface area contributed by atoms with Gasteiger partial charge in [0.05, 0.1) is 12.1 Å². The van der Waals surface area contributed by atoms with Crippen molar-refractivity contribution in [2.24, 2.45) is 5.92 Å². The number of nitrogens with zero attached hydrogens (tertiary/aromatic N) is 2. The van der Waals surface area contributed by atoms with Crippen LogP contribution < -0.4 is 10.1 Å². The summed E-state index contributed by atoms with van der Waals surface area (Å²) in [4.78, 5) is 5.78. The number of fused-ring (bicyclic) bond motifs is 1. The van der Waals surface area contributed by atoms with E-state index < -0.39 is 17.3 Å². The number of aryl methyl sites for hydroxylation is 1. The Balaban J connectivity index is 1.98. The molecule has 122 valence electrons. The molecule has 1 fully saturated rings. The Morgan fingerprint density at radius 1 is 1.32 bits per heavy atom. The molecule has 2 N–H and O–H groups in total. The van der Waals surface area contributed by atoms with E-state index in [4.69, 9.17) is 0 Å². The summed E-state index contributed by atoms with van der Waals surface area (Å²) in [5, 5.41) is 19.7. The van der Waals surface area contributed by atoms with Gasteiger partial charge in [-0.3, -0.25) is 4.98 Å². The SMILES string of the molecule is [O-][NH+](O)c1cnc2c(c1N1CCC[C@@H](C(F)(F)F)C1)CCC2. The van der Waals surface area contributed by atoms with E-state index in [1.165, 1.54) is 6.20 Å². The minimum Gasteiger partial charge on any atom is -0.595 e. The van der Waals surface area contributed by atoms with Crippen LogP contribution in [0.15, 0.2) is 6.20 Å². The van der Waals surface area contributed by atoms with E-state index in [9.17, 15) is 23.6 Å². The fraction of sp³-hybridized carbons (Fsp3) is 0.643. The van der Waals surface area contributed by atoms with E-state index in [1.54, 1.807) is 4.90 Å². The van der Waals surface area contributed by atoms with Gasteiger partial charge in [-0.15, -0.1) is 0 Å². The van der Waals surface area contributed by atoms with Crippen molar-refractivity contribution < 1.29 is 23.6 Å². The van der Waals surface area contributed by atoms with Gasteiger partial charge in [0, 0.05) is 24.3 Å². The summed E-state index contributed by atoms with van der Waals surface area (Å²) in [6.07, 6.45) is -0.104. The average Bonchev–Trinajstić information content (AvgIpc) is 2.93. The van der Waals surface area contributed by atoms with Gasteiger partial charge in [-0.05, 0) is 32.1 Å². The number of hydrogen-bond donors (Lipinski definition) is 2. The summed E-state index contributed by atoms with van der Waals surface area (Å²) in [6.45, 7) is 0.295. The lowest BCUT2D eigenvalue weighted by Gasteiger charge is -2.37. The predicted molar refractivity (Wildman–Crippen MR) is 73.0 cm³/mol. The molecule has 1 saturated heterocycles. The van der Waals surface area contributed by atoms with Gasteiger partial charge in [-0.1, -0.05) is 0 Å². The van der Waals surface area contributed by atoms with Crippen LogP contribution in [-0.2, 0) is 12.8 Å². The minimum atomic E-state index is -4.24. The van der Waals surface area contributed by atoms with Gasteiger partial charge in [-0.25, -0.2) is 5.21 Å². The van der Waals surface area contributed by atoms with Crippen LogP contribution in [0.4, 0.5) is 24.5 Å². The van der Waals surface area contributed by atoms with Gasteiger partial charge in [-0.2, -0.15) is 18.4 Å². The third-order valence-electron chi connectivity index (χ3n) is 4.51. The van der Waals surface area contributed by atoms with E-state index in [-0.39, 0.29) is 18.7 Å². The van der Waals surface area contributed by atoms with E-state index in [0.29, 0.717) is 25.1 Å². The zero-order chi connectivity index (χ0) is 15.9. The average molecular weight is 317 g/mol. The Kier molecular flexibility index (Phi) is 4.00. The molecule has 1 aromatic heterocycles. The normalized spacial score (nSPS) is 23.5. The number of piperidine rings is 1. The summed E-state index contributed by atoms with van der Waals surface area (Å²) in [7, 11) is 0. The Bertz CT molecular complexity index is 563. The number of alkyl halides is 3. The highest BCUT2D eigenvalue weighted by Crippen LogP contribution is 2.39. The molecule has 22 heavy (non-hydrogen) atoms. The van der Waals surface area contributed by atoms with Gasteiger partial charge < -0.3 is 10.1 Å². The number of hydrogen-bond acceptors (Lipinski definition) is 4. The zero-order valence-corrected chi connectivity index (χ0v) is 12.0. The number of pyridine rings is 1. The summed E-state index contributed by atoms with van der Waals surface area (Å²) in [5.74, 6) is -1.40. The van der Waals surface area contributed by atoms with Gasteiger partial charge in [0.25, 0.3) is 0 Å². The van der Waals surface area contributed by atoms with Crippen molar-refractivity contribution in [1.29, 1.82) is 0 Å². The Morgan fingerprint density at radius 2 is 2.09 bits per heavy atom. The molecule has 0 spiro atoms. The van der Waals surface area contributed by atoms with Crippen LogP contribution in [0, 0.1) is 11.1 Å². The lowest BCUT2D eigenvalue weighted by atomic mass is 9.96. The molecule has 2 aliphatic rings. The van der Waals surface area contributed by atoms with Crippen LogP contribution in [0.3, 0.4) is 0 Å². The largest absolute Gasteiger partial charge is 0.595 e. The quantitative estimate of drug-likeness (QED) is 0.816. The molecule has 1 unspecified atom stereocenters. The second-order valence-electron chi connectivity index (χ2n) is 5.93. The molecule has 5 nitrogen and oxygen atoms in total. The third kappa shape index (κ3) is 2.78. The Morgan fingerprint density at radius 3 is 2.77 bits per heavy atom. The van der Waals surface area contributed by atoms with Crippen molar-refractivity contribution in [2.45, 2.75) is 38.3 Å². The van der Waals surface area contributed by atoms with E-state index in [1.807, 2.05) is 0 Å². The first-order valence-corrected chi connectivity index (χ1v) is 7.43. The molecule has 1 aliphatic heterocycles. The van der Waals surface area contributed by atoms with Crippen LogP contribution in [-0.4, -0.2) is 29.5 Å². The maximum atomic E-state index is 13.0. The number of anilines is 1. The van der Waals surface area contributed by atoms with Gasteiger partial charge >= 0.3 is 6.18 Å². The van der Waals surface area contributed by atoms with Gasteiger partial charge in [0.1, 0.15) is 5.69 Å². The number of aromatic nitrogens is 1. The second-order valence-corrected chi connectivity index (χ2v) is 5.93. The highest BCUT2D eigenvalue weighted by Gasteiger charge is 2.43. The fourth-order valence-electron chi connectivity index (χ4n) is 3.46. The van der Waals surface area contributed by atoms with E-state index >= 15 is 0 Å². The molecule has 3 rings (SSSR count). The zero-order valence-electron chi connectivity index (χ0n) is 12.0. The van der Waals surface area contributed by atoms with Gasteiger partial charge in [0.15, 0.2) is 0 Å². The maximum absolute atomic E-state index is 13.0. The molecule has 1 aromatic rings. The van der Waals surface area contributed by atoms with Crippen LogP contribution in [0.5, 0.6) is 0 Å². The maximum Gasteiger partial charge on any atom is 0.393 e. The number of rotatable bonds is 2. The number of halogens is 3. The Labute approximate surface area is 125 Å². The lowest BCUT2D eigenvalue weighted by molar-refractivity contribution is -0.991. The molecule has 0 saturated carbocycles. The number of nitrogens with one attached hydrogen (secondary N) is 1.